The first-order chi connectivity index (χ1) is 7.83. The molecule has 1 amide bonds. The molecule has 2 unspecified atom stereocenters. The van der Waals surface area contributed by atoms with Crippen molar-refractivity contribution in [2.75, 3.05) is 26.3 Å². The highest BCUT2D eigenvalue weighted by Crippen LogP contribution is 2.20. The maximum atomic E-state index is 12.1. The Hall–Kier alpha value is -0.610. The van der Waals surface area contributed by atoms with E-state index in [1.165, 1.54) is 0 Å². The number of likely N-dealkylation sites (tertiary alicyclic amines) is 1. The second-order valence-electron chi connectivity index (χ2n) is 4.70. The molecule has 2 rings (SSSR count). The normalized spacial score (nSPS) is 31.1. The van der Waals surface area contributed by atoms with Crippen LogP contribution in [0.2, 0.25) is 0 Å². The first-order valence-electron chi connectivity index (χ1n) is 6.44. The minimum atomic E-state index is 0.0573. The molecule has 0 bridgehead atoms. The van der Waals surface area contributed by atoms with Gasteiger partial charge in [-0.3, -0.25) is 4.79 Å². The highest BCUT2D eigenvalue weighted by atomic mass is 16.5. The number of nitrogens with one attached hydrogen (secondary N) is 1. The lowest BCUT2D eigenvalue weighted by Crippen LogP contribution is -2.46. The average Bonchev–Trinajstić information content (AvgIpc) is 2.69. The van der Waals surface area contributed by atoms with Crippen molar-refractivity contribution in [1.29, 1.82) is 0 Å². The SMILES string of the molecule is CCCNC1CCN(C2CCCOC2)C1=O. The Kier molecular flexibility index (Phi) is 4.18. The highest BCUT2D eigenvalue weighted by molar-refractivity contribution is 5.84. The molecule has 4 heteroatoms. The van der Waals surface area contributed by atoms with E-state index in [0.717, 1.165) is 52.0 Å². The summed E-state index contributed by atoms with van der Waals surface area (Å²) in [6.07, 6.45) is 4.22. The van der Waals surface area contributed by atoms with Crippen molar-refractivity contribution in [3.8, 4) is 0 Å². The molecule has 4 nitrogen and oxygen atoms in total. The maximum Gasteiger partial charge on any atom is 0.240 e. The molecule has 0 aromatic rings. The molecule has 0 aromatic heterocycles. The van der Waals surface area contributed by atoms with Crippen LogP contribution in [0.1, 0.15) is 32.6 Å². The monoisotopic (exact) mass is 226 g/mol. The topological polar surface area (TPSA) is 41.6 Å². The summed E-state index contributed by atoms with van der Waals surface area (Å²) in [4.78, 5) is 14.1. The third-order valence-corrected chi connectivity index (χ3v) is 3.46. The molecule has 2 aliphatic rings. The van der Waals surface area contributed by atoms with E-state index in [1.807, 2.05) is 4.90 Å². The van der Waals surface area contributed by atoms with E-state index in [4.69, 9.17) is 4.74 Å². The molecule has 2 saturated heterocycles. The third kappa shape index (κ3) is 2.55. The average molecular weight is 226 g/mol. The van der Waals surface area contributed by atoms with Gasteiger partial charge in [0.15, 0.2) is 0 Å². The molecule has 2 fully saturated rings. The molecule has 2 atom stereocenters. The molecule has 0 aromatic carbocycles. The molecule has 0 saturated carbocycles. The van der Waals surface area contributed by atoms with Gasteiger partial charge in [0.25, 0.3) is 0 Å². The quantitative estimate of drug-likeness (QED) is 0.769. The number of hydrogen-bond donors (Lipinski definition) is 1. The van der Waals surface area contributed by atoms with E-state index in [2.05, 4.69) is 12.2 Å². The van der Waals surface area contributed by atoms with Gasteiger partial charge < -0.3 is 15.0 Å². The van der Waals surface area contributed by atoms with Crippen LogP contribution in [0.3, 0.4) is 0 Å². The van der Waals surface area contributed by atoms with Gasteiger partial charge >= 0.3 is 0 Å². The Labute approximate surface area is 97.3 Å². The van der Waals surface area contributed by atoms with Crippen LogP contribution in [0.15, 0.2) is 0 Å². The number of carbonyl (C=O) groups excluding carboxylic acids is 1. The molecular formula is C12H22N2O2. The Balaban J connectivity index is 1.85. The first-order valence-corrected chi connectivity index (χ1v) is 6.44. The Morgan fingerprint density at radius 2 is 2.38 bits per heavy atom. The van der Waals surface area contributed by atoms with Crippen LogP contribution in [-0.2, 0) is 9.53 Å². The lowest BCUT2D eigenvalue weighted by Gasteiger charge is -2.31. The largest absolute Gasteiger partial charge is 0.379 e. The van der Waals surface area contributed by atoms with Crippen LogP contribution in [0.25, 0.3) is 0 Å². The van der Waals surface area contributed by atoms with Gasteiger partial charge in [-0.1, -0.05) is 6.92 Å². The summed E-state index contributed by atoms with van der Waals surface area (Å²) in [5.41, 5.74) is 0. The minimum Gasteiger partial charge on any atom is -0.379 e. The van der Waals surface area contributed by atoms with E-state index in [-0.39, 0.29) is 11.9 Å². The molecule has 0 spiro atoms. The molecular weight excluding hydrogens is 204 g/mol. The van der Waals surface area contributed by atoms with Crippen LogP contribution in [0, 0.1) is 0 Å². The van der Waals surface area contributed by atoms with Crippen molar-refractivity contribution in [2.45, 2.75) is 44.7 Å². The van der Waals surface area contributed by atoms with Gasteiger partial charge in [0, 0.05) is 13.2 Å². The molecule has 16 heavy (non-hydrogen) atoms. The number of ether oxygens (including phenoxy) is 1. The van der Waals surface area contributed by atoms with Crippen molar-refractivity contribution < 1.29 is 9.53 Å². The van der Waals surface area contributed by atoms with Crippen molar-refractivity contribution in [1.82, 2.24) is 10.2 Å². The molecule has 1 N–H and O–H groups in total. The van der Waals surface area contributed by atoms with Gasteiger partial charge in [0.2, 0.25) is 5.91 Å². The third-order valence-electron chi connectivity index (χ3n) is 3.46. The van der Waals surface area contributed by atoms with E-state index in [1.54, 1.807) is 0 Å². The van der Waals surface area contributed by atoms with Gasteiger partial charge in [-0.2, -0.15) is 0 Å². The summed E-state index contributed by atoms with van der Waals surface area (Å²) < 4.78 is 5.44. The van der Waals surface area contributed by atoms with E-state index in [0.29, 0.717) is 6.04 Å². The molecule has 2 heterocycles. The fourth-order valence-electron chi connectivity index (χ4n) is 2.54. The zero-order valence-electron chi connectivity index (χ0n) is 10.1. The summed E-state index contributed by atoms with van der Waals surface area (Å²) in [7, 11) is 0. The van der Waals surface area contributed by atoms with Crippen LogP contribution in [0.4, 0.5) is 0 Å². The van der Waals surface area contributed by atoms with Crippen LogP contribution in [-0.4, -0.2) is 49.2 Å². The maximum absolute atomic E-state index is 12.1. The number of nitrogens with zero attached hydrogens (tertiary/aromatic N) is 1. The molecule has 0 aliphatic carbocycles. The van der Waals surface area contributed by atoms with Gasteiger partial charge in [-0.25, -0.2) is 0 Å². The fourth-order valence-corrected chi connectivity index (χ4v) is 2.54. The Bertz CT molecular complexity index is 239. The van der Waals surface area contributed by atoms with Crippen molar-refractivity contribution in [3.05, 3.63) is 0 Å². The Morgan fingerprint density at radius 3 is 3.06 bits per heavy atom. The van der Waals surface area contributed by atoms with E-state index < -0.39 is 0 Å². The number of carbonyl (C=O) groups is 1. The first kappa shape index (κ1) is 11.9. The lowest BCUT2D eigenvalue weighted by atomic mass is 10.1. The fraction of sp³-hybridized carbons (Fsp3) is 0.917. The van der Waals surface area contributed by atoms with Gasteiger partial charge in [-0.15, -0.1) is 0 Å². The standard InChI is InChI=1S/C12H22N2O2/c1-2-6-13-11-5-7-14(12(11)15)10-4-3-8-16-9-10/h10-11,13H,2-9H2,1H3. The Morgan fingerprint density at radius 1 is 1.50 bits per heavy atom. The highest BCUT2D eigenvalue weighted by Gasteiger charge is 2.35. The summed E-state index contributed by atoms with van der Waals surface area (Å²) in [6.45, 7) is 5.54. The number of amides is 1. The number of rotatable bonds is 4. The van der Waals surface area contributed by atoms with Crippen LogP contribution < -0.4 is 5.32 Å². The summed E-state index contributed by atoms with van der Waals surface area (Å²) in [5, 5.41) is 3.32. The van der Waals surface area contributed by atoms with Crippen LogP contribution >= 0.6 is 0 Å². The van der Waals surface area contributed by atoms with E-state index >= 15 is 0 Å². The smallest absolute Gasteiger partial charge is 0.240 e. The van der Waals surface area contributed by atoms with Crippen LogP contribution in [0.5, 0.6) is 0 Å². The molecule has 2 aliphatic heterocycles. The second kappa shape index (κ2) is 5.64. The van der Waals surface area contributed by atoms with Crippen molar-refractivity contribution in [3.63, 3.8) is 0 Å². The van der Waals surface area contributed by atoms with Crippen molar-refractivity contribution >= 4 is 5.91 Å². The predicted octanol–water partition coefficient (Wildman–Crippen LogP) is 0.766. The minimum absolute atomic E-state index is 0.0573. The summed E-state index contributed by atoms with van der Waals surface area (Å²) in [5.74, 6) is 0.281. The summed E-state index contributed by atoms with van der Waals surface area (Å²) in [6, 6.07) is 0.386. The van der Waals surface area contributed by atoms with Crippen molar-refractivity contribution in [2.24, 2.45) is 0 Å². The molecule has 0 radical (unpaired) electrons. The number of hydrogen-bond acceptors (Lipinski definition) is 3. The second-order valence-corrected chi connectivity index (χ2v) is 4.70. The zero-order chi connectivity index (χ0) is 11.4. The predicted molar refractivity (Wildman–Crippen MR) is 62.3 cm³/mol. The lowest BCUT2D eigenvalue weighted by molar-refractivity contribution is -0.133. The summed E-state index contributed by atoms with van der Waals surface area (Å²) >= 11 is 0. The van der Waals surface area contributed by atoms with Gasteiger partial charge in [-0.05, 0) is 32.2 Å². The zero-order valence-corrected chi connectivity index (χ0v) is 10.1. The van der Waals surface area contributed by atoms with Gasteiger partial charge in [0.1, 0.15) is 0 Å². The van der Waals surface area contributed by atoms with E-state index in [9.17, 15) is 4.79 Å². The van der Waals surface area contributed by atoms with Gasteiger partial charge in [0.05, 0.1) is 18.7 Å². The molecule has 92 valence electrons.